The zero-order chi connectivity index (χ0) is 15.2. The Hall–Kier alpha value is -1.75. The smallest absolute Gasteiger partial charge is 0.238 e. The van der Waals surface area contributed by atoms with Gasteiger partial charge in [-0.25, -0.2) is 0 Å². The van der Waals surface area contributed by atoms with Gasteiger partial charge in [0.2, 0.25) is 5.91 Å². The summed E-state index contributed by atoms with van der Waals surface area (Å²) >= 11 is 0. The molecule has 5 heteroatoms. The fourth-order valence-electron chi connectivity index (χ4n) is 2.79. The van der Waals surface area contributed by atoms with Crippen LogP contribution in [0, 0.1) is 0 Å². The molecule has 0 bridgehead atoms. The van der Waals surface area contributed by atoms with Crippen molar-refractivity contribution in [2.45, 2.75) is 31.7 Å². The number of nitrogens with zero attached hydrogens (tertiary/aromatic N) is 1. The number of likely N-dealkylation sites (N-methyl/N-ethyl adjacent to an activating group) is 1. The van der Waals surface area contributed by atoms with E-state index in [-0.39, 0.29) is 5.91 Å². The van der Waals surface area contributed by atoms with Gasteiger partial charge in [-0.15, -0.1) is 0 Å². The number of rotatable bonds is 6. The van der Waals surface area contributed by atoms with Crippen LogP contribution in [-0.2, 0) is 4.79 Å². The minimum absolute atomic E-state index is 0.0205. The van der Waals surface area contributed by atoms with Crippen molar-refractivity contribution in [3.05, 3.63) is 18.2 Å². The molecule has 1 saturated carbocycles. The average Bonchev–Trinajstić information content (AvgIpc) is 3.01. The van der Waals surface area contributed by atoms with Gasteiger partial charge < -0.3 is 14.8 Å². The van der Waals surface area contributed by atoms with Crippen LogP contribution >= 0.6 is 0 Å². The van der Waals surface area contributed by atoms with Crippen molar-refractivity contribution in [1.29, 1.82) is 0 Å². The third-order valence-electron chi connectivity index (χ3n) is 4.02. The Labute approximate surface area is 126 Å². The maximum Gasteiger partial charge on any atom is 0.238 e. The third kappa shape index (κ3) is 4.11. The molecule has 21 heavy (non-hydrogen) atoms. The number of ether oxygens (including phenoxy) is 2. The first-order chi connectivity index (χ1) is 10.1. The van der Waals surface area contributed by atoms with Crippen molar-refractivity contribution in [1.82, 2.24) is 4.90 Å². The molecule has 0 spiro atoms. The van der Waals surface area contributed by atoms with Crippen LogP contribution in [-0.4, -0.2) is 44.7 Å². The Kier molecular flexibility index (Phi) is 5.44. The van der Waals surface area contributed by atoms with E-state index >= 15 is 0 Å². The third-order valence-corrected chi connectivity index (χ3v) is 4.02. The molecule has 0 aromatic heterocycles. The van der Waals surface area contributed by atoms with Gasteiger partial charge in [0, 0.05) is 12.1 Å². The van der Waals surface area contributed by atoms with Crippen LogP contribution in [0.4, 0.5) is 5.69 Å². The summed E-state index contributed by atoms with van der Waals surface area (Å²) in [5.41, 5.74) is 0.670. The van der Waals surface area contributed by atoms with Crippen LogP contribution in [0.5, 0.6) is 11.5 Å². The molecule has 0 heterocycles. The lowest BCUT2D eigenvalue weighted by Gasteiger charge is -2.23. The Bertz CT molecular complexity index is 484. The molecule has 0 atom stereocenters. The summed E-state index contributed by atoms with van der Waals surface area (Å²) in [6.45, 7) is 0.403. The molecular weight excluding hydrogens is 268 g/mol. The number of benzene rings is 1. The van der Waals surface area contributed by atoms with Crippen LogP contribution in [0.2, 0.25) is 0 Å². The van der Waals surface area contributed by atoms with E-state index in [1.807, 2.05) is 7.05 Å². The average molecular weight is 292 g/mol. The van der Waals surface area contributed by atoms with Crippen molar-refractivity contribution < 1.29 is 14.3 Å². The maximum atomic E-state index is 12.2. The van der Waals surface area contributed by atoms with E-state index in [0.717, 1.165) is 0 Å². The molecule has 0 radical (unpaired) electrons. The summed E-state index contributed by atoms with van der Waals surface area (Å²) in [5, 5.41) is 2.91. The minimum atomic E-state index is -0.0205. The van der Waals surface area contributed by atoms with E-state index in [1.165, 1.54) is 25.7 Å². The highest BCUT2D eigenvalue weighted by molar-refractivity contribution is 5.93. The second kappa shape index (κ2) is 7.31. The molecule has 1 aliphatic carbocycles. The van der Waals surface area contributed by atoms with Gasteiger partial charge in [0.05, 0.1) is 26.5 Å². The first-order valence-corrected chi connectivity index (χ1v) is 7.36. The molecule has 0 aliphatic heterocycles. The molecule has 1 aromatic carbocycles. The molecule has 1 aliphatic rings. The zero-order valence-electron chi connectivity index (χ0n) is 13.0. The standard InChI is InChI=1S/C16H24N2O3/c1-18(12-6-4-5-7-12)11-16(19)17-14-9-8-13(20-2)10-15(14)21-3/h8-10,12H,4-7,11H2,1-3H3,(H,17,19). The Balaban J connectivity index is 1.95. The highest BCUT2D eigenvalue weighted by Gasteiger charge is 2.21. The number of amides is 1. The van der Waals surface area contributed by atoms with E-state index in [1.54, 1.807) is 32.4 Å². The Morgan fingerprint density at radius 1 is 1.29 bits per heavy atom. The quantitative estimate of drug-likeness (QED) is 0.875. The SMILES string of the molecule is COc1ccc(NC(=O)CN(C)C2CCCC2)c(OC)c1. The van der Waals surface area contributed by atoms with Crippen molar-refractivity contribution in [3.63, 3.8) is 0 Å². The number of hydrogen-bond acceptors (Lipinski definition) is 4. The summed E-state index contributed by atoms with van der Waals surface area (Å²) < 4.78 is 10.4. The lowest BCUT2D eigenvalue weighted by Crippen LogP contribution is -2.36. The second-order valence-electron chi connectivity index (χ2n) is 5.47. The lowest BCUT2D eigenvalue weighted by atomic mass is 10.2. The highest BCUT2D eigenvalue weighted by atomic mass is 16.5. The number of nitrogens with one attached hydrogen (secondary N) is 1. The molecule has 1 aromatic rings. The van der Waals surface area contributed by atoms with Crippen molar-refractivity contribution in [2.24, 2.45) is 0 Å². The number of methoxy groups -OCH3 is 2. The first-order valence-electron chi connectivity index (χ1n) is 7.36. The highest BCUT2D eigenvalue weighted by Crippen LogP contribution is 2.29. The number of carbonyl (C=O) groups is 1. The van der Waals surface area contributed by atoms with Gasteiger partial charge in [-0.3, -0.25) is 9.69 Å². The van der Waals surface area contributed by atoms with Gasteiger partial charge >= 0.3 is 0 Å². The summed E-state index contributed by atoms with van der Waals surface area (Å²) in [7, 11) is 5.19. The van der Waals surface area contributed by atoms with Gasteiger partial charge in [-0.05, 0) is 32.0 Å². The van der Waals surface area contributed by atoms with Crippen molar-refractivity contribution in [3.8, 4) is 11.5 Å². The Morgan fingerprint density at radius 2 is 2.00 bits per heavy atom. The molecular formula is C16H24N2O3. The topological polar surface area (TPSA) is 50.8 Å². The number of carbonyl (C=O) groups excluding carboxylic acids is 1. The van der Waals surface area contributed by atoms with Crippen LogP contribution < -0.4 is 14.8 Å². The fourth-order valence-corrected chi connectivity index (χ4v) is 2.79. The second-order valence-corrected chi connectivity index (χ2v) is 5.47. The predicted octanol–water partition coefficient (Wildman–Crippen LogP) is 2.52. The summed E-state index contributed by atoms with van der Waals surface area (Å²) in [5.74, 6) is 1.28. The molecule has 5 nitrogen and oxygen atoms in total. The molecule has 1 amide bonds. The van der Waals surface area contributed by atoms with E-state index in [0.29, 0.717) is 29.8 Å². The van der Waals surface area contributed by atoms with E-state index < -0.39 is 0 Å². The van der Waals surface area contributed by atoms with Crippen LogP contribution in [0.3, 0.4) is 0 Å². The summed E-state index contributed by atoms with van der Waals surface area (Å²) in [6, 6.07) is 5.90. The van der Waals surface area contributed by atoms with Gasteiger partial charge in [0.25, 0.3) is 0 Å². The van der Waals surface area contributed by atoms with Crippen molar-refractivity contribution in [2.75, 3.05) is 33.1 Å². The van der Waals surface area contributed by atoms with E-state index in [9.17, 15) is 4.79 Å². The summed E-state index contributed by atoms with van der Waals surface area (Å²) in [4.78, 5) is 14.3. The monoisotopic (exact) mass is 292 g/mol. The molecule has 0 unspecified atom stereocenters. The molecule has 1 N–H and O–H groups in total. The van der Waals surface area contributed by atoms with Gasteiger partial charge in [0.1, 0.15) is 11.5 Å². The van der Waals surface area contributed by atoms with Crippen LogP contribution in [0.25, 0.3) is 0 Å². The lowest BCUT2D eigenvalue weighted by molar-refractivity contribution is -0.117. The van der Waals surface area contributed by atoms with E-state index in [4.69, 9.17) is 9.47 Å². The van der Waals surface area contributed by atoms with Crippen molar-refractivity contribution >= 4 is 11.6 Å². The number of hydrogen-bond donors (Lipinski definition) is 1. The van der Waals surface area contributed by atoms with Gasteiger partial charge in [-0.1, -0.05) is 12.8 Å². The summed E-state index contributed by atoms with van der Waals surface area (Å²) in [6.07, 6.45) is 4.91. The van der Waals surface area contributed by atoms with Gasteiger partial charge in [-0.2, -0.15) is 0 Å². The minimum Gasteiger partial charge on any atom is -0.497 e. The number of anilines is 1. The predicted molar refractivity (Wildman–Crippen MR) is 83.1 cm³/mol. The molecule has 116 valence electrons. The molecule has 2 rings (SSSR count). The van der Waals surface area contributed by atoms with Gasteiger partial charge in [0.15, 0.2) is 0 Å². The Morgan fingerprint density at radius 3 is 2.62 bits per heavy atom. The molecule has 0 saturated heterocycles. The fraction of sp³-hybridized carbons (Fsp3) is 0.562. The molecule has 1 fully saturated rings. The largest absolute Gasteiger partial charge is 0.497 e. The van der Waals surface area contributed by atoms with Crippen LogP contribution in [0.1, 0.15) is 25.7 Å². The zero-order valence-corrected chi connectivity index (χ0v) is 13.0. The first kappa shape index (κ1) is 15.6. The van der Waals surface area contributed by atoms with Crippen LogP contribution in [0.15, 0.2) is 18.2 Å². The normalized spacial score (nSPS) is 15.2. The van der Waals surface area contributed by atoms with E-state index in [2.05, 4.69) is 10.2 Å². The maximum absolute atomic E-state index is 12.2.